The maximum Gasteiger partial charge on any atom is 0.133 e. The Bertz CT molecular complexity index is 735. The Kier molecular flexibility index (Phi) is 4.45. The number of hydrogen-bond acceptors (Lipinski definition) is 2. The molecule has 2 atom stereocenters. The minimum Gasteiger partial charge on any atom is -0.464 e. The van der Waals surface area contributed by atoms with Gasteiger partial charge in [-0.15, -0.1) is 0 Å². The third-order valence-corrected chi connectivity index (χ3v) is 5.21. The molecule has 1 N–H and O–H groups in total. The summed E-state index contributed by atoms with van der Waals surface area (Å²) in [6, 6.07) is 9.14. The van der Waals surface area contributed by atoms with Crippen molar-refractivity contribution in [1.29, 1.82) is 0 Å². The van der Waals surface area contributed by atoms with Crippen LogP contribution in [0, 0.1) is 5.41 Å². The molecule has 1 aromatic heterocycles. The SMILES string of the molecule is C/C=C(C)\C=C/C(C)(C)C1CC(c2ccc3occc3c2)CN1. The quantitative estimate of drug-likeness (QED) is 0.762. The van der Waals surface area contributed by atoms with E-state index in [2.05, 4.69) is 69.4 Å². The van der Waals surface area contributed by atoms with Gasteiger partial charge in [0.15, 0.2) is 0 Å². The molecule has 1 aliphatic heterocycles. The van der Waals surface area contributed by atoms with Gasteiger partial charge in [-0.2, -0.15) is 0 Å². The van der Waals surface area contributed by atoms with Gasteiger partial charge < -0.3 is 9.73 Å². The van der Waals surface area contributed by atoms with Crippen LogP contribution in [-0.2, 0) is 0 Å². The zero-order valence-electron chi connectivity index (χ0n) is 14.6. The van der Waals surface area contributed by atoms with Crippen LogP contribution in [0.25, 0.3) is 11.0 Å². The molecule has 0 amide bonds. The van der Waals surface area contributed by atoms with Crippen molar-refractivity contribution in [1.82, 2.24) is 5.32 Å². The zero-order chi connectivity index (χ0) is 16.4. The first kappa shape index (κ1) is 16.1. The maximum atomic E-state index is 5.45. The van der Waals surface area contributed by atoms with E-state index in [-0.39, 0.29) is 5.41 Å². The number of fused-ring (bicyclic) bond motifs is 1. The fraction of sp³-hybridized carbons (Fsp3) is 0.429. The van der Waals surface area contributed by atoms with E-state index in [0.29, 0.717) is 12.0 Å². The van der Waals surface area contributed by atoms with Crippen LogP contribution in [0.5, 0.6) is 0 Å². The van der Waals surface area contributed by atoms with E-state index in [4.69, 9.17) is 4.42 Å². The van der Waals surface area contributed by atoms with E-state index in [9.17, 15) is 0 Å². The summed E-state index contributed by atoms with van der Waals surface area (Å²) in [5.41, 5.74) is 3.86. The Labute approximate surface area is 139 Å². The second kappa shape index (κ2) is 6.37. The van der Waals surface area contributed by atoms with Gasteiger partial charge in [-0.1, -0.05) is 43.7 Å². The Hall–Kier alpha value is -1.80. The molecule has 2 heteroatoms. The molecular weight excluding hydrogens is 282 g/mol. The minimum absolute atomic E-state index is 0.152. The number of hydrogen-bond donors (Lipinski definition) is 1. The van der Waals surface area contributed by atoms with Crippen molar-refractivity contribution in [3.05, 3.63) is 59.9 Å². The van der Waals surface area contributed by atoms with Gasteiger partial charge in [0.1, 0.15) is 5.58 Å². The van der Waals surface area contributed by atoms with Crippen LogP contribution in [0.4, 0.5) is 0 Å². The van der Waals surface area contributed by atoms with Crippen molar-refractivity contribution in [2.75, 3.05) is 6.54 Å². The second-order valence-electron chi connectivity index (χ2n) is 7.30. The maximum absolute atomic E-state index is 5.45. The summed E-state index contributed by atoms with van der Waals surface area (Å²) >= 11 is 0. The van der Waals surface area contributed by atoms with E-state index in [1.165, 1.54) is 22.9 Å². The van der Waals surface area contributed by atoms with Gasteiger partial charge in [-0.3, -0.25) is 0 Å². The van der Waals surface area contributed by atoms with Crippen LogP contribution in [0.1, 0.15) is 45.6 Å². The highest BCUT2D eigenvalue weighted by Crippen LogP contribution is 2.36. The summed E-state index contributed by atoms with van der Waals surface area (Å²) in [6.07, 6.45) is 9.68. The Morgan fingerprint density at radius 2 is 2.13 bits per heavy atom. The molecule has 2 nitrogen and oxygen atoms in total. The smallest absolute Gasteiger partial charge is 0.133 e. The van der Waals surface area contributed by atoms with Crippen LogP contribution in [0.2, 0.25) is 0 Å². The number of benzene rings is 1. The Morgan fingerprint density at radius 1 is 1.30 bits per heavy atom. The zero-order valence-corrected chi connectivity index (χ0v) is 14.6. The highest BCUT2D eigenvalue weighted by atomic mass is 16.3. The second-order valence-corrected chi connectivity index (χ2v) is 7.30. The lowest BCUT2D eigenvalue weighted by molar-refractivity contribution is 0.339. The molecule has 2 aromatic rings. The molecule has 0 radical (unpaired) electrons. The van der Waals surface area contributed by atoms with Crippen molar-refractivity contribution in [2.45, 2.75) is 46.1 Å². The normalized spacial score (nSPS) is 23.2. The molecule has 122 valence electrons. The first-order valence-corrected chi connectivity index (χ1v) is 8.52. The fourth-order valence-electron chi connectivity index (χ4n) is 3.35. The predicted octanol–water partition coefficient (Wildman–Crippen LogP) is 5.43. The van der Waals surface area contributed by atoms with Crippen molar-refractivity contribution < 1.29 is 4.42 Å². The fourth-order valence-corrected chi connectivity index (χ4v) is 3.35. The van der Waals surface area contributed by atoms with Gasteiger partial charge in [-0.25, -0.2) is 0 Å². The van der Waals surface area contributed by atoms with E-state index in [1.54, 1.807) is 6.26 Å². The standard InChI is InChI=1S/C21H27NO/c1-5-15(2)8-10-21(3,4)20-13-18(14-22-20)16-6-7-19-17(12-16)9-11-23-19/h5-12,18,20,22H,13-14H2,1-4H3/b10-8-,15-5-. The van der Waals surface area contributed by atoms with Gasteiger partial charge in [0.25, 0.3) is 0 Å². The van der Waals surface area contributed by atoms with Crippen molar-refractivity contribution in [3.63, 3.8) is 0 Å². The van der Waals surface area contributed by atoms with Gasteiger partial charge in [0.05, 0.1) is 6.26 Å². The van der Waals surface area contributed by atoms with Crippen molar-refractivity contribution in [3.8, 4) is 0 Å². The van der Waals surface area contributed by atoms with E-state index in [0.717, 1.165) is 12.1 Å². The summed E-state index contributed by atoms with van der Waals surface area (Å²) in [7, 11) is 0. The summed E-state index contributed by atoms with van der Waals surface area (Å²) in [4.78, 5) is 0. The Morgan fingerprint density at radius 3 is 2.91 bits per heavy atom. The van der Waals surface area contributed by atoms with E-state index >= 15 is 0 Å². The molecule has 1 fully saturated rings. The summed E-state index contributed by atoms with van der Waals surface area (Å²) in [5.74, 6) is 0.579. The number of rotatable bonds is 4. The van der Waals surface area contributed by atoms with Gasteiger partial charge in [0.2, 0.25) is 0 Å². The molecule has 1 saturated heterocycles. The molecule has 1 aliphatic rings. The average molecular weight is 309 g/mol. The highest BCUT2D eigenvalue weighted by molar-refractivity contribution is 5.77. The summed E-state index contributed by atoms with van der Waals surface area (Å²) < 4.78 is 5.45. The summed E-state index contributed by atoms with van der Waals surface area (Å²) in [6.45, 7) is 9.94. The number of nitrogens with one attached hydrogen (secondary N) is 1. The molecule has 0 bridgehead atoms. The lowest BCUT2D eigenvalue weighted by Crippen LogP contribution is -2.35. The molecule has 3 rings (SSSR count). The van der Waals surface area contributed by atoms with E-state index in [1.807, 2.05) is 6.07 Å². The lowest BCUT2D eigenvalue weighted by Gasteiger charge is -2.28. The molecule has 0 aliphatic carbocycles. The monoisotopic (exact) mass is 309 g/mol. The predicted molar refractivity (Wildman–Crippen MR) is 97.7 cm³/mol. The third kappa shape index (κ3) is 3.42. The van der Waals surface area contributed by atoms with Crippen LogP contribution in [0.3, 0.4) is 0 Å². The lowest BCUT2D eigenvalue weighted by atomic mass is 9.80. The number of allylic oxidation sites excluding steroid dienone is 3. The molecule has 0 spiro atoms. The van der Waals surface area contributed by atoms with Crippen LogP contribution < -0.4 is 5.32 Å². The van der Waals surface area contributed by atoms with Crippen molar-refractivity contribution in [2.24, 2.45) is 5.41 Å². The van der Waals surface area contributed by atoms with Gasteiger partial charge in [-0.05, 0) is 55.4 Å². The van der Waals surface area contributed by atoms with E-state index < -0.39 is 0 Å². The minimum atomic E-state index is 0.152. The molecule has 1 aromatic carbocycles. The van der Waals surface area contributed by atoms with Gasteiger partial charge in [0, 0.05) is 18.0 Å². The van der Waals surface area contributed by atoms with Crippen LogP contribution >= 0.6 is 0 Å². The molecule has 0 saturated carbocycles. The van der Waals surface area contributed by atoms with Crippen LogP contribution in [0.15, 0.2) is 58.7 Å². The molecular formula is C21H27NO. The van der Waals surface area contributed by atoms with Gasteiger partial charge >= 0.3 is 0 Å². The highest BCUT2D eigenvalue weighted by Gasteiger charge is 2.34. The number of furan rings is 1. The van der Waals surface area contributed by atoms with Crippen LogP contribution in [-0.4, -0.2) is 12.6 Å². The molecule has 2 heterocycles. The molecule has 23 heavy (non-hydrogen) atoms. The first-order chi connectivity index (χ1) is 11.0. The first-order valence-electron chi connectivity index (χ1n) is 8.52. The van der Waals surface area contributed by atoms with Crippen molar-refractivity contribution >= 4 is 11.0 Å². The Balaban J connectivity index is 1.73. The topological polar surface area (TPSA) is 25.2 Å². The largest absolute Gasteiger partial charge is 0.464 e. The summed E-state index contributed by atoms with van der Waals surface area (Å²) in [5, 5.41) is 4.94. The molecule has 2 unspecified atom stereocenters. The average Bonchev–Trinajstić information content (AvgIpc) is 3.20. The third-order valence-electron chi connectivity index (χ3n) is 5.21.